The molecule has 2 atom stereocenters. The van der Waals surface area contributed by atoms with Crippen molar-refractivity contribution in [3.63, 3.8) is 0 Å². The van der Waals surface area contributed by atoms with E-state index >= 15 is 0 Å². The minimum absolute atomic E-state index is 0.176. The lowest BCUT2D eigenvalue weighted by molar-refractivity contribution is -0.151. The van der Waals surface area contributed by atoms with E-state index in [1.54, 1.807) is 7.11 Å². The predicted molar refractivity (Wildman–Crippen MR) is 81.6 cm³/mol. The van der Waals surface area contributed by atoms with Gasteiger partial charge < -0.3 is 4.74 Å². The third kappa shape index (κ3) is 3.15. The Morgan fingerprint density at radius 3 is 2.73 bits per heavy atom. The molecule has 2 saturated heterocycles. The van der Waals surface area contributed by atoms with Gasteiger partial charge in [0.1, 0.15) is 5.82 Å². The largest absolute Gasteiger partial charge is 0.383 e. The second-order valence-corrected chi connectivity index (χ2v) is 6.18. The first kappa shape index (κ1) is 15.4. The zero-order chi connectivity index (χ0) is 15.5. The molecule has 0 radical (unpaired) electrons. The fraction of sp³-hybridized carbons (Fsp3) is 0.588. The molecule has 22 heavy (non-hydrogen) atoms. The second kappa shape index (κ2) is 6.75. The molecule has 1 aromatic rings. The minimum atomic E-state index is -0.220. The number of nitrogens with zero attached hydrogens (tertiary/aromatic N) is 2. The summed E-state index contributed by atoms with van der Waals surface area (Å²) in [5.41, 5.74) is 1.08. The molecule has 0 N–H and O–H groups in total. The Morgan fingerprint density at radius 1 is 1.23 bits per heavy atom. The highest BCUT2D eigenvalue weighted by molar-refractivity contribution is 5.78. The number of hydrazine groups is 1. The van der Waals surface area contributed by atoms with E-state index < -0.39 is 0 Å². The first-order valence-corrected chi connectivity index (χ1v) is 8.01. The molecule has 0 aliphatic carbocycles. The highest BCUT2D eigenvalue weighted by atomic mass is 19.1. The molecule has 0 unspecified atom stereocenters. The zero-order valence-electron chi connectivity index (χ0n) is 13.0. The van der Waals surface area contributed by atoms with Gasteiger partial charge in [-0.3, -0.25) is 9.80 Å². The molecule has 2 aliphatic heterocycles. The SMILES string of the molecule is COC[C@@H]1CCCN1N1C(=O)CC[C@H]1Cc1ccc(F)cc1. The third-order valence-corrected chi connectivity index (χ3v) is 4.66. The van der Waals surface area contributed by atoms with Crippen molar-refractivity contribution in [2.24, 2.45) is 0 Å². The van der Waals surface area contributed by atoms with Crippen LogP contribution in [0.5, 0.6) is 0 Å². The van der Waals surface area contributed by atoms with Crippen LogP contribution in [0.1, 0.15) is 31.2 Å². The number of hydrogen-bond acceptors (Lipinski definition) is 3. The summed E-state index contributed by atoms with van der Waals surface area (Å²) < 4.78 is 18.3. The van der Waals surface area contributed by atoms with Gasteiger partial charge in [0.2, 0.25) is 5.91 Å². The van der Waals surface area contributed by atoms with Gasteiger partial charge in [-0.15, -0.1) is 0 Å². The normalized spacial score (nSPS) is 26.1. The third-order valence-electron chi connectivity index (χ3n) is 4.66. The number of rotatable bonds is 5. The molecule has 3 rings (SSSR count). The standard InChI is InChI=1S/C17H23FN2O2/c1-22-12-16-3-2-10-19(16)20-15(8-9-17(20)21)11-13-4-6-14(18)7-5-13/h4-7,15-16H,2-3,8-12H2,1H3/t15-,16-/m0/s1. The van der Waals surface area contributed by atoms with E-state index in [2.05, 4.69) is 5.01 Å². The lowest BCUT2D eigenvalue weighted by Gasteiger charge is -2.37. The topological polar surface area (TPSA) is 32.8 Å². The summed E-state index contributed by atoms with van der Waals surface area (Å²) in [6, 6.07) is 7.07. The van der Waals surface area contributed by atoms with E-state index in [1.807, 2.05) is 17.1 Å². The van der Waals surface area contributed by atoms with Gasteiger partial charge in [-0.25, -0.2) is 9.40 Å². The number of amides is 1. The van der Waals surface area contributed by atoms with Gasteiger partial charge in [0.25, 0.3) is 0 Å². The van der Waals surface area contributed by atoms with Gasteiger partial charge in [0.15, 0.2) is 0 Å². The first-order valence-electron chi connectivity index (χ1n) is 8.01. The van der Waals surface area contributed by atoms with Crippen molar-refractivity contribution in [3.05, 3.63) is 35.6 Å². The number of halogens is 1. The van der Waals surface area contributed by atoms with Gasteiger partial charge >= 0.3 is 0 Å². The summed E-state index contributed by atoms with van der Waals surface area (Å²) >= 11 is 0. The highest BCUT2D eigenvalue weighted by Gasteiger charge is 2.40. The Morgan fingerprint density at radius 2 is 2.00 bits per heavy atom. The van der Waals surface area contributed by atoms with Crippen LogP contribution in [-0.2, 0) is 16.0 Å². The van der Waals surface area contributed by atoms with Crippen molar-refractivity contribution in [1.29, 1.82) is 0 Å². The fourth-order valence-electron chi connectivity index (χ4n) is 3.63. The summed E-state index contributed by atoms with van der Waals surface area (Å²) in [5, 5.41) is 4.16. The summed E-state index contributed by atoms with van der Waals surface area (Å²) in [4.78, 5) is 12.3. The quantitative estimate of drug-likeness (QED) is 0.837. The van der Waals surface area contributed by atoms with Crippen molar-refractivity contribution >= 4 is 5.91 Å². The average Bonchev–Trinajstić information content (AvgIpc) is 3.09. The Hall–Kier alpha value is -1.46. The Labute approximate surface area is 130 Å². The molecule has 2 heterocycles. The first-order chi connectivity index (χ1) is 10.7. The second-order valence-electron chi connectivity index (χ2n) is 6.18. The van der Waals surface area contributed by atoms with Gasteiger partial charge in [-0.1, -0.05) is 12.1 Å². The molecule has 0 saturated carbocycles. The predicted octanol–water partition coefficient (Wildman–Crippen LogP) is 2.38. The molecule has 2 fully saturated rings. The van der Waals surface area contributed by atoms with Crippen molar-refractivity contribution in [1.82, 2.24) is 10.0 Å². The van der Waals surface area contributed by atoms with Crippen molar-refractivity contribution < 1.29 is 13.9 Å². The molecule has 4 nitrogen and oxygen atoms in total. The summed E-state index contributed by atoms with van der Waals surface area (Å²) in [6.07, 6.45) is 4.42. The molecule has 0 spiro atoms. The number of hydrogen-bond donors (Lipinski definition) is 0. The number of ether oxygens (including phenoxy) is 1. The molecular formula is C17H23FN2O2. The fourth-order valence-corrected chi connectivity index (χ4v) is 3.63. The maximum Gasteiger partial charge on any atom is 0.237 e. The Bertz CT molecular complexity index is 520. The number of carbonyl (C=O) groups excluding carboxylic acids is 1. The molecule has 0 bridgehead atoms. The van der Waals surface area contributed by atoms with Crippen LogP contribution in [0.4, 0.5) is 4.39 Å². The number of carbonyl (C=O) groups is 1. The monoisotopic (exact) mass is 306 g/mol. The molecule has 2 aliphatic rings. The van der Waals surface area contributed by atoms with E-state index in [0.29, 0.717) is 19.1 Å². The average molecular weight is 306 g/mol. The highest BCUT2D eigenvalue weighted by Crippen LogP contribution is 2.29. The number of methoxy groups -OCH3 is 1. The van der Waals surface area contributed by atoms with Gasteiger partial charge in [-0.05, 0) is 43.4 Å². The molecule has 1 aromatic carbocycles. The van der Waals surface area contributed by atoms with Crippen LogP contribution in [0.25, 0.3) is 0 Å². The molecule has 0 aromatic heterocycles. The van der Waals surface area contributed by atoms with Crippen molar-refractivity contribution in [2.45, 2.75) is 44.2 Å². The van der Waals surface area contributed by atoms with Crippen LogP contribution in [0.15, 0.2) is 24.3 Å². The lowest BCUT2D eigenvalue weighted by atomic mass is 10.0. The lowest BCUT2D eigenvalue weighted by Crippen LogP contribution is -2.51. The van der Waals surface area contributed by atoms with Gasteiger partial charge in [0.05, 0.1) is 18.7 Å². The van der Waals surface area contributed by atoms with Crippen LogP contribution >= 0.6 is 0 Å². The number of benzene rings is 1. The van der Waals surface area contributed by atoms with E-state index in [0.717, 1.165) is 37.8 Å². The van der Waals surface area contributed by atoms with E-state index in [9.17, 15) is 9.18 Å². The van der Waals surface area contributed by atoms with Crippen LogP contribution in [0.2, 0.25) is 0 Å². The molecule has 1 amide bonds. The smallest absolute Gasteiger partial charge is 0.237 e. The van der Waals surface area contributed by atoms with Crippen LogP contribution in [0, 0.1) is 5.82 Å². The van der Waals surface area contributed by atoms with E-state index in [1.165, 1.54) is 12.1 Å². The molecule has 5 heteroatoms. The van der Waals surface area contributed by atoms with Gasteiger partial charge in [0, 0.05) is 20.1 Å². The van der Waals surface area contributed by atoms with Gasteiger partial charge in [-0.2, -0.15) is 0 Å². The van der Waals surface area contributed by atoms with E-state index in [4.69, 9.17) is 4.74 Å². The summed E-state index contributed by atoms with van der Waals surface area (Å²) in [6.45, 7) is 1.58. The summed E-state index contributed by atoms with van der Waals surface area (Å²) in [7, 11) is 1.71. The zero-order valence-corrected chi connectivity index (χ0v) is 13.0. The Balaban J connectivity index is 1.73. The van der Waals surface area contributed by atoms with Crippen molar-refractivity contribution in [2.75, 3.05) is 20.3 Å². The van der Waals surface area contributed by atoms with Crippen LogP contribution < -0.4 is 0 Å². The van der Waals surface area contributed by atoms with Crippen LogP contribution in [-0.4, -0.2) is 48.3 Å². The maximum atomic E-state index is 13.0. The molecule has 120 valence electrons. The maximum absolute atomic E-state index is 13.0. The van der Waals surface area contributed by atoms with E-state index in [-0.39, 0.29) is 17.8 Å². The van der Waals surface area contributed by atoms with Crippen LogP contribution in [0.3, 0.4) is 0 Å². The minimum Gasteiger partial charge on any atom is -0.383 e. The molecular weight excluding hydrogens is 283 g/mol. The van der Waals surface area contributed by atoms with Crippen molar-refractivity contribution in [3.8, 4) is 0 Å². The Kier molecular flexibility index (Phi) is 4.74. The summed E-state index contributed by atoms with van der Waals surface area (Å²) in [5.74, 6) is -0.0158.